The molecular formula is C26H43NO5. The Hall–Kier alpha value is -1.14. The van der Waals surface area contributed by atoms with Gasteiger partial charge in [0.15, 0.2) is 0 Å². The lowest BCUT2D eigenvalue weighted by atomic mass is 9.43. The highest BCUT2D eigenvalue weighted by Crippen LogP contribution is 2.68. The molecular weight excluding hydrogens is 406 g/mol. The van der Waals surface area contributed by atoms with E-state index in [1.54, 1.807) is 0 Å². The molecule has 0 radical (unpaired) electrons. The summed E-state index contributed by atoms with van der Waals surface area (Å²) >= 11 is 0. The van der Waals surface area contributed by atoms with Gasteiger partial charge in [-0.15, -0.1) is 0 Å². The first-order chi connectivity index (χ1) is 15.1. The van der Waals surface area contributed by atoms with Crippen LogP contribution in [0.5, 0.6) is 0 Å². The molecule has 0 saturated heterocycles. The van der Waals surface area contributed by atoms with Crippen molar-refractivity contribution in [1.82, 2.24) is 5.32 Å². The lowest BCUT2D eigenvalue weighted by Crippen LogP contribution is -2.58. The Morgan fingerprint density at radius 3 is 2.41 bits per heavy atom. The summed E-state index contributed by atoms with van der Waals surface area (Å²) in [5.74, 6) is 1.66. The first kappa shape index (κ1) is 24.0. The maximum absolute atomic E-state index is 12.0. The zero-order chi connectivity index (χ0) is 23.3. The number of hydrogen-bond donors (Lipinski definition) is 4. The molecule has 4 aliphatic carbocycles. The van der Waals surface area contributed by atoms with Crippen LogP contribution in [0, 0.1) is 46.3 Å². The molecule has 3 unspecified atom stereocenters. The molecule has 0 aromatic carbocycles. The van der Waals surface area contributed by atoms with Crippen molar-refractivity contribution in [3.8, 4) is 0 Å². The van der Waals surface area contributed by atoms with Crippen LogP contribution in [0.15, 0.2) is 0 Å². The van der Waals surface area contributed by atoms with E-state index >= 15 is 0 Å². The Morgan fingerprint density at radius 2 is 1.69 bits per heavy atom. The van der Waals surface area contributed by atoms with Gasteiger partial charge in [0, 0.05) is 6.42 Å². The normalized spacial score (nSPS) is 46.5. The lowest BCUT2D eigenvalue weighted by Gasteiger charge is -2.62. The Bertz CT molecular complexity index is 727. The largest absolute Gasteiger partial charge is 0.480 e. The minimum atomic E-state index is -1.01. The minimum Gasteiger partial charge on any atom is -0.480 e. The molecule has 4 fully saturated rings. The SMILES string of the molecule is C[C@H](CCC(=O)NCC(=O)O)[C@H]1CCC2C3C(CC[C@@]21C)[C@@]1(C)CC[C@@H](O)C[C@H]1C[C@@H]3O. The van der Waals surface area contributed by atoms with E-state index in [1.807, 2.05) is 0 Å². The summed E-state index contributed by atoms with van der Waals surface area (Å²) in [5, 5.41) is 32.8. The predicted molar refractivity (Wildman–Crippen MR) is 122 cm³/mol. The van der Waals surface area contributed by atoms with E-state index < -0.39 is 5.97 Å². The fraction of sp³-hybridized carbons (Fsp3) is 0.923. The number of carboxylic acid groups (broad SMARTS) is 1. The summed E-state index contributed by atoms with van der Waals surface area (Å²) in [4.78, 5) is 22.7. The zero-order valence-electron chi connectivity index (χ0n) is 20.1. The molecule has 4 saturated carbocycles. The van der Waals surface area contributed by atoms with Crippen molar-refractivity contribution in [2.45, 2.75) is 97.2 Å². The first-order valence-electron chi connectivity index (χ1n) is 12.9. The van der Waals surface area contributed by atoms with E-state index in [4.69, 9.17) is 5.11 Å². The number of aliphatic hydroxyl groups is 2. The Morgan fingerprint density at radius 1 is 1.00 bits per heavy atom. The highest BCUT2D eigenvalue weighted by Gasteiger charge is 2.62. The van der Waals surface area contributed by atoms with Crippen molar-refractivity contribution in [2.75, 3.05) is 6.54 Å². The number of carbonyl (C=O) groups excluding carboxylic acids is 1. The van der Waals surface area contributed by atoms with Crippen LogP contribution in [0.2, 0.25) is 0 Å². The molecule has 4 N–H and O–H groups in total. The van der Waals surface area contributed by atoms with Gasteiger partial charge in [-0.25, -0.2) is 0 Å². The summed E-state index contributed by atoms with van der Waals surface area (Å²) in [6.07, 6.45) is 9.06. The standard InChI is InChI=1S/C26H43NO5/c1-15(4-7-22(30)27-14-23(31)32)18-5-6-19-24-20(9-11-26(18,19)3)25(2)10-8-17(28)12-16(25)13-21(24)29/h15-21,24,28-29H,4-14H2,1-3H3,(H,27,30)(H,31,32)/t15-,16+,17-,18-,19?,20?,21+,24?,25+,26-/m1/s1. The maximum atomic E-state index is 12.0. The van der Waals surface area contributed by atoms with E-state index in [0.29, 0.717) is 41.9 Å². The monoisotopic (exact) mass is 449 g/mol. The molecule has 10 atom stereocenters. The number of hydrogen-bond acceptors (Lipinski definition) is 4. The summed E-state index contributed by atoms with van der Waals surface area (Å²) in [7, 11) is 0. The van der Waals surface area contributed by atoms with Crippen molar-refractivity contribution in [2.24, 2.45) is 46.3 Å². The Kier molecular flexibility index (Phi) is 6.68. The smallest absolute Gasteiger partial charge is 0.322 e. The van der Waals surface area contributed by atoms with Gasteiger partial charge in [0.2, 0.25) is 5.91 Å². The zero-order valence-corrected chi connectivity index (χ0v) is 20.1. The van der Waals surface area contributed by atoms with E-state index in [2.05, 4.69) is 26.1 Å². The van der Waals surface area contributed by atoms with Gasteiger partial charge in [0.05, 0.1) is 12.2 Å². The molecule has 0 aromatic rings. The number of carboxylic acids is 1. The number of aliphatic carboxylic acids is 1. The quantitative estimate of drug-likeness (QED) is 0.496. The van der Waals surface area contributed by atoms with Gasteiger partial charge in [-0.1, -0.05) is 20.8 Å². The minimum absolute atomic E-state index is 0.177. The van der Waals surface area contributed by atoms with Gasteiger partial charge in [0.1, 0.15) is 6.54 Å². The number of rotatable bonds is 6. The molecule has 0 aliphatic heterocycles. The van der Waals surface area contributed by atoms with Gasteiger partial charge < -0.3 is 20.6 Å². The fourth-order valence-electron chi connectivity index (χ4n) is 9.00. The second-order valence-corrected chi connectivity index (χ2v) is 12.1. The Labute approximate surface area is 192 Å². The highest BCUT2D eigenvalue weighted by molar-refractivity contribution is 5.81. The molecule has 0 heterocycles. The highest BCUT2D eigenvalue weighted by atomic mass is 16.4. The molecule has 6 nitrogen and oxygen atoms in total. The van der Waals surface area contributed by atoms with Gasteiger partial charge in [-0.05, 0) is 104 Å². The molecule has 4 rings (SSSR count). The van der Waals surface area contributed by atoms with Crippen LogP contribution in [0.25, 0.3) is 0 Å². The van der Waals surface area contributed by atoms with E-state index in [9.17, 15) is 19.8 Å². The van der Waals surface area contributed by atoms with Crippen LogP contribution in [-0.2, 0) is 9.59 Å². The second kappa shape index (κ2) is 8.90. The second-order valence-electron chi connectivity index (χ2n) is 12.1. The molecule has 182 valence electrons. The third-order valence-electron chi connectivity index (χ3n) is 10.7. The van der Waals surface area contributed by atoms with Gasteiger partial charge in [-0.2, -0.15) is 0 Å². The van der Waals surface area contributed by atoms with Gasteiger partial charge >= 0.3 is 5.97 Å². The van der Waals surface area contributed by atoms with E-state index in [1.165, 1.54) is 12.8 Å². The van der Waals surface area contributed by atoms with E-state index in [-0.39, 0.29) is 35.5 Å². The van der Waals surface area contributed by atoms with Crippen LogP contribution in [0.3, 0.4) is 0 Å². The lowest BCUT2D eigenvalue weighted by molar-refractivity contribution is -0.174. The molecule has 0 spiro atoms. The van der Waals surface area contributed by atoms with Gasteiger partial charge in [-0.3, -0.25) is 9.59 Å². The van der Waals surface area contributed by atoms with Crippen LogP contribution in [0.4, 0.5) is 0 Å². The average molecular weight is 450 g/mol. The van der Waals surface area contributed by atoms with Crippen molar-refractivity contribution in [1.29, 1.82) is 0 Å². The molecule has 1 amide bonds. The maximum Gasteiger partial charge on any atom is 0.322 e. The average Bonchev–Trinajstić information content (AvgIpc) is 3.09. The summed E-state index contributed by atoms with van der Waals surface area (Å²) in [5.41, 5.74) is 0.451. The number of aliphatic hydroxyl groups excluding tert-OH is 2. The van der Waals surface area contributed by atoms with Crippen molar-refractivity contribution >= 4 is 11.9 Å². The third-order valence-corrected chi connectivity index (χ3v) is 10.7. The Balaban J connectivity index is 1.44. The topological polar surface area (TPSA) is 107 Å². The molecule has 0 bridgehead atoms. The van der Waals surface area contributed by atoms with Crippen molar-refractivity contribution in [3.05, 3.63) is 0 Å². The molecule has 32 heavy (non-hydrogen) atoms. The molecule has 4 aliphatic rings. The van der Waals surface area contributed by atoms with E-state index in [0.717, 1.165) is 44.9 Å². The van der Waals surface area contributed by atoms with Crippen molar-refractivity contribution in [3.63, 3.8) is 0 Å². The predicted octanol–water partition coefficient (Wildman–Crippen LogP) is 3.59. The fourth-order valence-corrected chi connectivity index (χ4v) is 9.00. The molecule has 6 heteroatoms. The summed E-state index contributed by atoms with van der Waals surface area (Å²) in [6, 6.07) is 0. The van der Waals surface area contributed by atoms with Crippen LogP contribution in [-0.4, -0.2) is 45.9 Å². The number of nitrogens with one attached hydrogen (secondary N) is 1. The summed E-state index contributed by atoms with van der Waals surface area (Å²) < 4.78 is 0. The molecule has 0 aromatic heterocycles. The van der Waals surface area contributed by atoms with Crippen LogP contribution < -0.4 is 5.32 Å². The number of amides is 1. The number of carbonyl (C=O) groups is 2. The van der Waals surface area contributed by atoms with Gasteiger partial charge in [0.25, 0.3) is 0 Å². The third kappa shape index (κ3) is 4.11. The van der Waals surface area contributed by atoms with Crippen molar-refractivity contribution < 1.29 is 24.9 Å². The van der Waals surface area contributed by atoms with Crippen LogP contribution in [0.1, 0.15) is 85.0 Å². The first-order valence-corrected chi connectivity index (χ1v) is 12.9. The summed E-state index contributed by atoms with van der Waals surface area (Å²) in [6.45, 7) is 6.83. The number of fused-ring (bicyclic) bond motifs is 5. The van der Waals surface area contributed by atoms with Crippen LogP contribution >= 0.6 is 0 Å².